The lowest BCUT2D eigenvalue weighted by Crippen LogP contribution is -2.37. The Morgan fingerprint density at radius 1 is 1.12 bits per heavy atom. The molecule has 0 bridgehead atoms. The number of anilines is 2. The maximum absolute atomic E-state index is 12.8. The van der Waals surface area contributed by atoms with Gasteiger partial charge < -0.3 is 9.80 Å². The average molecular weight is 472 g/mol. The molecule has 2 aliphatic rings. The first-order valence-electron chi connectivity index (χ1n) is 11.0. The molecule has 0 aliphatic carbocycles. The second-order valence-corrected chi connectivity index (χ2v) is 11.7. The van der Waals surface area contributed by atoms with E-state index in [0.717, 1.165) is 35.6 Å². The van der Waals surface area contributed by atoms with Crippen molar-refractivity contribution in [3.05, 3.63) is 59.7 Å². The van der Waals surface area contributed by atoms with Crippen molar-refractivity contribution in [2.75, 3.05) is 34.4 Å². The number of aliphatic imine (C=N–C) groups is 1. The summed E-state index contributed by atoms with van der Waals surface area (Å²) in [5.74, 6) is 0.000318. The van der Waals surface area contributed by atoms with Gasteiger partial charge in [0, 0.05) is 29.7 Å². The molecule has 2 fully saturated rings. The van der Waals surface area contributed by atoms with E-state index in [4.69, 9.17) is 0 Å². The third-order valence-corrected chi connectivity index (χ3v) is 9.19. The molecule has 2 heterocycles. The molecular formula is C24H29N3O3S2. The number of carbonyl (C=O) groups is 1. The van der Waals surface area contributed by atoms with Gasteiger partial charge in [0.05, 0.1) is 24.0 Å². The van der Waals surface area contributed by atoms with Crippen LogP contribution < -0.4 is 9.80 Å². The Labute approximate surface area is 194 Å². The lowest BCUT2D eigenvalue weighted by molar-refractivity contribution is -0.117. The molecule has 2 saturated heterocycles. The minimum atomic E-state index is -3.09. The van der Waals surface area contributed by atoms with Crippen molar-refractivity contribution < 1.29 is 13.2 Å². The van der Waals surface area contributed by atoms with Gasteiger partial charge in [0.25, 0.3) is 5.91 Å². The zero-order chi connectivity index (χ0) is 22.9. The first kappa shape index (κ1) is 22.9. The molecule has 0 aromatic heterocycles. The average Bonchev–Trinajstić information content (AvgIpc) is 3.20. The molecule has 0 spiro atoms. The van der Waals surface area contributed by atoms with E-state index < -0.39 is 9.84 Å². The molecule has 0 saturated carbocycles. The van der Waals surface area contributed by atoms with Gasteiger partial charge in [-0.3, -0.25) is 4.79 Å². The van der Waals surface area contributed by atoms with Crippen LogP contribution in [-0.2, 0) is 21.1 Å². The van der Waals surface area contributed by atoms with Gasteiger partial charge in [-0.05, 0) is 50.6 Å². The fourth-order valence-corrected chi connectivity index (χ4v) is 8.35. The van der Waals surface area contributed by atoms with E-state index in [9.17, 15) is 13.2 Å². The van der Waals surface area contributed by atoms with E-state index in [2.05, 4.69) is 35.9 Å². The number of nitrogens with zero attached hydrogens (tertiary/aromatic N) is 3. The molecule has 0 radical (unpaired) electrons. The first-order chi connectivity index (χ1) is 15.3. The standard InChI is InChI=1S/C24H29N3O3S2/c1-4-26(5-2)19-9-11-20(12-10-19)27-21-15-32(29,30)16-22(21)31-24(27)25-23(28)14-18-8-6-7-17(3)13-18/h6-13,21-22H,4-5,14-16H2,1-3H3. The Morgan fingerprint density at radius 2 is 1.84 bits per heavy atom. The Bertz CT molecular complexity index is 1130. The molecule has 2 aromatic carbocycles. The summed E-state index contributed by atoms with van der Waals surface area (Å²) in [6.45, 7) is 8.06. The maximum Gasteiger partial charge on any atom is 0.252 e. The normalized spacial score (nSPS) is 22.8. The molecule has 1 amide bonds. The van der Waals surface area contributed by atoms with Crippen LogP contribution in [0.2, 0.25) is 0 Å². The zero-order valence-electron chi connectivity index (χ0n) is 18.7. The van der Waals surface area contributed by atoms with Gasteiger partial charge in [0.15, 0.2) is 15.0 Å². The number of thioether (sulfide) groups is 1. The molecule has 2 atom stereocenters. The number of amidine groups is 1. The molecule has 2 aromatic rings. The SMILES string of the molecule is CCN(CC)c1ccc(N2C(=NC(=O)Cc3cccc(C)c3)SC3CS(=O)(=O)CC32)cc1. The predicted molar refractivity (Wildman–Crippen MR) is 134 cm³/mol. The van der Waals surface area contributed by atoms with Crippen LogP contribution in [0.5, 0.6) is 0 Å². The molecule has 0 N–H and O–H groups in total. The summed E-state index contributed by atoms with van der Waals surface area (Å²) in [6, 6.07) is 15.8. The molecule has 32 heavy (non-hydrogen) atoms. The number of hydrogen-bond acceptors (Lipinski definition) is 5. The lowest BCUT2D eigenvalue weighted by Gasteiger charge is -2.26. The van der Waals surface area contributed by atoms with Gasteiger partial charge in [-0.2, -0.15) is 4.99 Å². The van der Waals surface area contributed by atoms with Crippen molar-refractivity contribution in [1.82, 2.24) is 0 Å². The van der Waals surface area contributed by atoms with Gasteiger partial charge in [0.1, 0.15) is 0 Å². The highest BCUT2D eigenvalue weighted by Gasteiger charge is 2.49. The Hall–Kier alpha value is -2.32. The van der Waals surface area contributed by atoms with Gasteiger partial charge >= 0.3 is 0 Å². The van der Waals surface area contributed by atoms with Crippen LogP contribution >= 0.6 is 11.8 Å². The summed E-state index contributed by atoms with van der Waals surface area (Å²) in [5, 5.41) is 0.496. The van der Waals surface area contributed by atoms with Crippen LogP contribution in [0.4, 0.5) is 11.4 Å². The summed E-state index contributed by atoms with van der Waals surface area (Å²) in [5.41, 5.74) is 4.03. The Kier molecular flexibility index (Phi) is 6.62. The van der Waals surface area contributed by atoms with E-state index in [1.54, 1.807) is 0 Å². The van der Waals surface area contributed by atoms with E-state index in [1.165, 1.54) is 11.8 Å². The van der Waals surface area contributed by atoms with Crippen LogP contribution in [0.15, 0.2) is 53.5 Å². The minimum Gasteiger partial charge on any atom is -0.372 e. The van der Waals surface area contributed by atoms with Crippen LogP contribution in [0, 0.1) is 6.92 Å². The highest BCUT2D eigenvalue weighted by molar-refractivity contribution is 8.16. The lowest BCUT2D eigenvalue weighted by atomic mass is 10.1. The van der Waals surface area contributed by atoms with Gasteiger partial charge in [-0.25, -0.2) is 8.42 Å². The van der Waals surface area contributed by atoms with Crippen molar-refractivity contribution >= 4 is 44.0 Å². The van der Waals surface area contributed by atoms with Crippen molar-refractivity contribution in [1.29, 1.82) is 0 Å². The summed E-state index contributed by atoms with van der Waals surface area (Å²) in [7, 11) is -3.09. The van der Waals surface area contributed by atoms with Crippen molar-refractivity contribution in [2.45, 2.75) is 38.5 Å². The summed E-state index contributed by atoms with van der Waals surface area (Å²) in [6.07, 6.45) is 0.230. The number of sulfone groups is 1. The summed E-state index contributed by atoms with van der Waals surface area (Å²) in [4.78, 5) is 21.4. The number of benzene rings is 2. The smallest absolute Gasteiger partial charge is 0.252 e. The maximum atomic E-state index is 12.8. The number of rotatable bonds is 6. The van der Waals surface area contributed by atoms with Crippen LogP contribution in [0.3, 0.4) is 0 Å². The summed E-state index contributed by atoms with van der Waals surface area (Å²) >= 11 is 1.41. The predicted octanol–water partition coefficient (Wildman–Crippen LogP) is 3.69. The number of amides is 1. The van der Waals surface area contributed by atoms with E-state index >= 15 is 0 Å². The molecule has 2 unspecified atom stereocenters. The van der Waals surface area contributed by atoms with Gasteiger partial charge in [-0.1, -0.05) is 41.6 Å². The van der Waals surface area contributed by atoms with Crippen molar-refractivity contribution in [3.8, 4) is 0 Å². The van der Waals surface area contributed by atoms with Gasteiger partial charge in [-0.15, -0.1) is 0 Å². The number of hydrogen-bond donors (Lipinski definition) is 0. The molecule has 6 nitrogen and oxygen atoms in total. The molecule has 4 rings (SSSR count). The number of aryl methyl sites for hydroxylation is 1. The topological polar surface area (TPSA) is 70.0 Å². The molecule has 2 aliphatic heterocycles. The third kappa shape index (κ3) is 4.86. The van der Waals surface area contributed by atoms with E-state index in [-0.39, 0.29) is 35.1 Å². The van der Waals surface area contributed by atoms with Crippen LogP contribution in [0.1, 0.15) is 25.0 Å². The second-order valence-electron chi connectivity index (χ2n) is 8.31. The highest BCUT2D eigenvalue weighted by atomic mass is 32.2. The highest BCUT2D eigenvalue weighted by Crippen LogP contribution is 2.41. The van der Waals surface area contributed by atoms with Crippen LogP contribution in [-0.4, -0.2) is 55.4 Å². The zero-order valence-corrected chi connectivity index (χ0v) is 20.3. The quantitative estimate of drug-likeness (QED) is 0.640. The largest absolute Gasteiger partial charge is 0.372 e. The Balaban J connectivity index is 1.62. The molecular weight excluding hydrogens is 442 g/mol. The van der Waals surface area contributed by atoms with E-state index in [1.807, 2.05) is 48.2 Å². The first-order valence-corrected chi connectivity index (χ1v) is 13.7. The number of fused-ring (bicyclic) bond motifs is 1. The van der Waals surface area contributed by atoms with Gasteiger partial charge in [0.2, 0.25) is 0 Å². The third-order valence-electron chi connectivity index (χ3n) is 5.98. The van der Waals surface area contributed by atoms with Crippen molar-refractivity contribution in [2.24, 2.45) is 4.99 Å². The fraction of sp³-hybridized carbons (Fsp3) is 0.417. The van der Waals surface area contributed by atoms with Crippen LogP contribution in [0.25, 0.3) is 0 Å². The van der Waals surface area contributed by atoms with E-state index in [0.29, 0.717) is 5.17 Å². The summed E-state index contributed by atoms with van der Waals surface area (Å²) < 4.78 is 24.6. The number of carbonyl (C=O) groups excluding carboxylic acids is 1. The monoisotopic (exact) mass is 471 g/mol. The van der Waals surface area contributed by atoms with Crippen molar-refractivity contribution in [3.63, 3.8) is 0 Å². The Morgan fingerprint density at radius 3 is 2.50 bits per heavy atom. The molecule has 170 valence electrons. The minimum absolute atomic E-state index is 0.0908. The molecule has 8 heteroatoms. The fourth-order valence-electron chi connectivity index (χ4n) is 4.42. The second kappa shape index (κ2) is 9.27.